The normalized spacial score (nSPS) is 23.3. The number of sulfonamides is 1. The molecule has 12 heteroatoms. The van der Waals surface area contributed by atoms with Gasteiger partial charge in [-0.3, -0.25) is 4.79 Å². The van der Waals surface area contributed by atoms with Gasteiger partial charge in [-0.2, -0.15) is 8.78 Å². The van der Waals surface area contributed by atoms with E-state index in [4.69, 9.17) is 0 Å². The van der Waals surface area contributed by atoms with E-state index in [-0.39, 0.29) is 29.5 Å². The van der Waals surface area contributed by atoms with Crippen molar-refractivity contribution in [2.24, 2.45) is 17.3 Å². The van der Waals surface area contributed by atoms with E-state index in [1.165, 1.54) is 4.90 Å². The largest absolute Gasteiger partial charge is 0.350 e. The molecular formula is C26H26F6N2O3S. The third kappa shape index (κ3) is 5.04. The van der Waals surface area contributed by atoms with Crippen LogP contribution in [-0.2, 0) is 21.2 Å². The molecule has 3 fully saturated rings. The molecule has 0 unspecified atom stereocenters. The van der Waals surface area contributed by atoms with Crippen LogP contribution in [0, 0.1) is 40.5 Å². The van der Waals surface area contributed by atoms with Crippen molar-refractivity contribution in [3.8, 4) is 11.1 Å². The van der Waals surface area contributed by atoms with Gasteiger partial charge in [-0.1, -0.05) is 6.92 Å². The molecule has 2 aromatic rings. The third-order valence-corrected chi connectivity index (χ3v) is 9.12. The van der Waals surface area contributed by atoms with Crippen molar-refractivity contribution in [3.63, 3.8) is 0 Å². The highest BCUT2D eigenvalue weighted by Gasteiger charge is 2.62. The van der Waals surface area contributed by atoms with Gasteiger partial charge >= 0.3 is 5.76 Å². The predicted octanol–water partition coefficient (Wildman–Crippen LogP) is 5.00. The molecule has 1 N–H and O–H groups in total. The molecule has 206 valence electrons. The van der Waals surface area contributed by atoms with Crippen LogP contribution in [0.25, 0.3) is 11.1 Å². The summed E-state index contributed by atoms with van der Waals surface area (Å²) in [5.74, 6) is -8.19. The maximum absolute atomic E-state index is 15.7. The topological polar surface area (TPSA) is 66.5 Å². The van der Waals surface area contributed by atoms with E-state index in [0.29, 0.717) is 18.9 Å². The number of nitrogens with one attached hydrogen (secondary N) is 1. The van der Waals surface area contributed by atoms with Gasteiger partial charge in [0.2, 0.25) is 5.91 Å². The van der Waals surface area contributed by atoms with Crippen molar-refractivity contribution in [2.45, 2.75) is 56.9 Å². The van der Waals surface area contributed by atoms with Crippen LogP contribution in [-0.4, -0.2) is 43.6 Å². The molecule has 0 aromatic heterocycles. The summed E-state index contributed by atoms with van der Waals surface area (Å²) in [6, 6.07) is 1.68. The fourth-order valence-electron chi connectivity index (χ4n) is 5.67. The van der Waals surface area contributed by atoms with E-state index in [9.17, 15) is 35.2 Å². The summed E-state index contributed by atoms with van der Waals surface area (Å²) in [6.45, 7) is 1.84. The van der Waals surface area contributed by atoms with Gasteiger partial charge in [-0.05, 0) is 73.4 Å². The summed E-state index contributed by atoms with van der Waals surface area (Å²) in [5.41, 5.74) is -1.74. The summed E-state index contributed by atoms with van der Waals surface area (Å²) in [6.07, 6.45) is 2.26. The Bertz CT molecular complexity index is 1360. The Morgan fingerprint density at radius 3 is 2.18 bits per heavy atom. The summed E-state index contributed by atoms with van der Waals surface area (Å²) < 4.78 is 111. The fourth-order valence-corrected chi connectivity index (χ4v) is 6.54. The van der Waals surface area contributed by atoms with Gasteiger partial charge in [0.1, 0.15) is 23.3 Å². The highest BCUT2D eigenvalue weighted by atomic mass is 32.2. The van der Waals surface area contributed by atoms with Gasteiger partial charge in [-0.25, -0.2) is 30.7 Å². The number of hydrogen-bond donors (Lipinski definition) is 1. The molecule has 0 radical (unpaired) electrons. The monoisotopic (exact) mass is 560 g/mol. The van der Waals surface area contributed by atoms with Crippen LogP contribution in [0.2, 0.25) is 0 Å². The van der Waals surface area contributed by atoms with Gasteiger partial charge < -0.3 is 4.90 Å². The second kappa shape index (κ2) is 9.55. The number of alkyl halides is 2. The Morgan fingerprint density at radius 1 is 1.03 bits per heavy atom. The van der Waals surface area contributed by atoms with Crippen LogP contribution >= 0.6 is 0 Å². The summed E-state index contributed by atoms with van der Waals surface area (Å²) in [4.78, 5) is 14.9. The number of hydrogen-bond acceptors (Lipinski definition) is 3. The van der Waals surface area contributed by atoms with E-state index < -0.39 is 74.5 Å². The Kier molecular flexibility index (Phi) is 6.78. The lowest BCUT2D eigenvalue weighted by molar-refractivity contribution is -0.136. The van der Waals surface area contributed by atoms with Crippen LogP contribution in [0.15, 0.2) is 30.3 Å². The lowest BCUT2D eigenvalue weighted by atomic mass is 9.91. The van der Waals surface area contributed by atoms with E-state index in [2.05, 4.69) is 4.72 Å². The average Bonchev–Trinajstić information content (AvgIpc) is 3.75. The smallest absolute Gasteiger partial charge is 0.337 e. The van der Waals surface area contributed by atoms with Crippen molar-refractivity contribution in [1.82, 2.24) is 9.62 Å². The number of nitrogens with zero attached hydrogens (tertiary/aromatic N) is 1. The van der Waals surface area contributed by atoms with Gasteiger partial charge in [0, 0.05) is 35.5 Å². The van der Waals surface area contributed by atoms with Crippen molar-refractivity contribution in [3.05, 3.63) is 59.2 Å². The minimum atomic E-state index is -5.06. The number of rotatable bonds is 8. The Labute approximate surface area is 216 Å². The van der Waals surface area contributed by atoms with E-state index in [1.54, 1.807) is 6.92 Å². The second-order valence-corrected chi connectivity index (χ2v) is 12.4. The average molecular weight is 561 g/mol. The molecule has 3 aliphatic rings. The first kappa shape index (κ1) is 27.0. The number of amides is 1. The van der Waals surface area contributed by atoms with Crippen LogP contribution < -0.4 is 4.72 Å². The minimum Gasteiger partial charge on any atom is -0.337 e. The summed E-state index contributed by atoms with van der Waals surface area (Å²) in [5, 5.41) is 0. The molecule has 5 rings (SSSR count). The van der Waals surface area contributed by atoms with Gasteiger partial charge in [0.05, 0.1) is 6.04 Å². The summed E-state index contributed by atoms with van der Waals surface area (Å²) >= 11 is 0. The maximum Gasteiger partial charge on any atom is 0.350 e. The molecule has 2 aliphatic carbocycles. The number of carbonyl (C=O) groups excluding carboxylic acids is 1. The maximum atomic E-state index is 15.7. The molecule has 38 heavy (non-hydrogen) atoms. The molecule has 1 heterocycles. The van der Waals surface area contributed by atoms with E-state index in [0.717, 1.165) is 37.1 Å². The SMILES string of the molecule is C[C@H](C(=O)N1CC2(CC2)[C@H](NS(=O)(=O)C(F)F)[C@@H]1Cc1cc(F)cc(-c2cc(F)cc(F)c2)c1F)C1CC1. The lowest BCUT2D eigenvalue weighted by Crippen LogP contribution is -2.51. The number of benzene rings is 2. The number of likely N-dealkylation sites (tertiary alicyclic amines) is 1. The minimum absolute atomic E-state index is 0.100. The molecule has 1 saturated heterocycles. The van der Waals surface area contributed by atoms with Gasteiger partial charge in [0.25, 0.3) is 10.0 Å². The standard InChI is InChI=1S/C26H26F6N2O3S/c1-13(14-2-3-14)24(35)34-12-26(4-5-26)23(33-38(36,37)25(31)32)21(34)9-16-8-19(29)11-20(22(16)30)15-6-17(27)10-18(28)7-15/h6-8,10-11,13-14,21,23,25,33H,2-5,9,12H2,1H3/t13-,21-,23+/m0/s1. The van der Waals surface area contributed by atoms with Gasteiger partial charge in [-0.15, -0.1) is 0 Å². The molecule has 1 amide bonds. The zero-order valence-electron chi connectivity index (χ0n) is 20.4. The summed E-state index contributed by atoms with van der Waals surface area (Å²) in [7, 11) is -5.06. The molecule has 2 aromatic carbocycles. The van der Waals surface area contributed by atoms with Crippen molar-refractivity contribution in [1.29, 1.82) is 0 Å². The zero-order valence-corrected chi connectivity index (χ0v) is 21.2. The van der Waals surface area contributed by atoms with Gasteiger partial charge in [0.15, 0.2) is 0 Å². The Morgan fingerprint density at radius 2 is 1.63 bits per heavy atom. The van der Waals surface area contributed by atoms with Crippen LogP contribution in [0.5, 0.6) is 0 Å². The fraction of sp³-hybridized carbons (Fsp3) is 0.500. The molecule has 0 bridgehead atoms. The lowest BCUT2D eigenvalue weighted by Gasteiger charge is -2.31. The first-order valence-electron chi connectivity index (χ1n) is 12.4. The predicted molar refractivity (Wildman–Crippen MR) is 126 cm³/mol. The molecule has 1 aliphatic heterocycles. The van der Waals surface area contributed by atoms with E-state index >= 15 is 4.39 Å². The number of carbonyl (C=O) groups is 1. The van der Waals surface area contributed by atoms with Crippen molar-refractivity contribution < 1.29 is 39.6 Å². The second-order valence-electron chi connectivity index (χ2n) is 10.7. The molecule has 2 saturated carbocycles. The number of halogens is 6. The third-order valence-electron chi connectivity index (χ3n) is 8.07. The Hall–Kier alpha value is -2.60. The highest BCUT2D eigenvalue weighted by Crippen LogP contribution is 2.56. The zero-order chi connectivity index (χ0) is 27.6. The molecule has 1 spiro atoms. The van der Waals surface area contributed by atoms with Crippen molar-refractivity contribution in [2.75, 3.05) is 6.54 Å². The van der Waals surface area contributed by atoms with Crippen LogP contribution in [0.4, 0.5) is 26.3 Å². The molecule has 3 atom stereocenters. The Balaban J connectivity index is 1.55. The first-order chi connectivity index (χ1) is 17.8. The van der Waals surface area contributed by atoms with Crippen molar-refractivity contribution >= 4 is 15.9 Å². The molecular weight excluding hydrogens is 534 g/mol. The van der Waals surface area contributed by atoms with Crippen LogP contribution in [0.1, 0.15) is 38.2 Å². The highest BCUT2D eigenvalue weighted by molar-refractivity contribution is 7.89. The molecule has 5 nitrogen and oxygen atoms in total. The quantitative estimate of drug-likeness (QED) is 0.463. The van der Waals surface area contributed by atoms with Crippen LogP contribution in [0.3, 0.4) is 0 Å². The first-order valence-corrected chi connectivity index (χ1v) is 13.9. The van der Waals surface area contributed by atoms with E-state index in [1.807, 2.05) is 0 Å².